The molecule has 19 heavy (non-hydrogen) atoms. The van der Waals surface area contributed by atoms with E-state index in [4.69, 9.17) is 10.5 Å². The maximum atomic E-state index is 11.8. The molecule has 1 rings (SSSR count). The van der Waals surface area contributed by atoms with E-state index in [2.05, 4.69) is 5.32 Å². The number of nitrogens with one attached hydrogen (secondary N) is 1. The highest BCUT2D eigenvalue weighted by atomic mass is 16.5. The van der Waals surface area contributed by atoms with Gasteiger partial charge in [-0.3, -0.25) is 9.59 Å². The van der Waals surface area contributed by atoms with Crippen molar-refractivity contribution in [1.29, 1.82) is 0 Å². The van der Waals surface area contributed by atoms with Crippen molar-refractivity contribution in [3.05, 3.63) is 29.8 Å². The molecular formula is C13H18N2O4. The van der Waals surface area contributed by atoms with Crippen molar-refractivity contribution >= 4 is 11.8 Å². The minimum absolute atomic E-state index is 0.00925. The van der Waals surface area contributed by atoms with Crippen LogP contribution < -0.4 is 15.8 Å². The summed E-state index contributed by atoms with van der Waals surface area (Å²) < 4.78 is 5.47. The van der Waals surface area contributed by atoms with Gasteiger partial charge >= 0.3 is 0 Å². The van der Waals surface area contributed by atoms with Gasteiger partial charge < -0.3 is 20.9 Å². The third-order valence-corrected chi connectivity index (χ3v) is 2.25. The number of aliphatic hydroxyl groups is 1. The van der Waals surface area contributed by atoms with E-state index in [-0.39, 0.29) is 12.6 Å². The molecule has 0 aromatic heterocycles. The van der Waals surface area contributed by atoms with Gasteiger partial charge in [0, 0.05) is 5.56 Å². The predicted molar refractivity (Wildman–Crippen MR) is 69.7 cm³/mol. The number of aliphatic hydroxyl groups excluding tert-OH is 1. The average Bonchev–Trinajstić information content (AvgIpc) is 2.34. The number of ether oxygens (including phenoxy) is 1. The number of carbonyl (C=O) groups is 2. The summed E-state index contributed by atoms with van der Waals surface area (Å²) in [7, 11) is 0. The van der Waals surface area contributed by atoms with Gasteiger partial charge in [-0.25, -0.2) is 0 Å². The summed E-state index contributed by atoms with van der Waals surface area (Å²) in [6, 6.07) is 6.64. The van der Waals surface area contributed by atoms with E-state index in [1.165, 1.54) is 0 Å². The van der Waals surface area contributed by atoms with Gasteiger partial charge in [0.2, 0.25) is 5.91 Å². The van der Waals surface area contributed by atoms with E-state index in [9.17, 15) is 14.7 Å². The van der Waals surface area contributed by atoms with Gasteiger partial charge in [0.05, 0.1) is 12.6 Å². The number of primary amides is 1. The summed E-state index contributed by atoms with van der Waals surface area (Å²) >= 11 is 0. The van der Waals surface area contributed by atoms with Gasteiger partial charge in [-0.15, -0.1) is 0 Å². The van der Waals surface area contributed by atoms with Gasteiger partial charge in [-0.05, 0) is 32.0 Å². The maximum absolute atomic E-state index is 11.8. The fraction of sp³-hybridized carbons (Fsp3) is 0.385. The molecule has 0 fully saturated rings. The largest absolute Gasteiger partial charge is 0.491 e. The lowest BCUT2D eigenvalue weighted by Crippen LogP contribution is -2.39. The fourth-order valence-corrected chi connectivity index (χ4v) is 1.37. The lowest BCUT2D eigenvalue weighted by Gasteiger charge is -2.11. The molecule has 0 spiro atoms. The number of carbonyl (C=O) groups excluding carboxylic acids is 2. The van der Waals surface area contributed by atoms with Crippen LogP contribution in [0.4, 0.5) is 0 Å². The van der Waals surface area contributed by atoms with E-state index < -0.39 is 17.9 Å². The van der Waals surface area contributed by atoms with Crippen LogP contribution >= 0.6 is 0 Å². The van der Waals surface area contributed by atoms with Crippen LogP contribution in [0.5, 0.6) is 5.75 Å². The molecule has 2 amide bonds. The molecule has 1 aromatic rings. The van der Waals surface area contributed by atoms with E-state index in [1.54, 1.807) is 24.3 Å². The zero-order valence-electron chi connectivity index (χ0n) is 10.9. The molecule has 6 heteroatoms. The number of rotatable bonds is 6. The Morgan fingerprint density at radius 1 is 1.42 bits per heavy atom. The van der Waals surface area contributed by atoms with Crippen LogP contribution in [0, 0.1) is 0 Å². The van der Waals surface area contributed by atoms with Crippen LogP contribution in [0.3, 0.4) is 0 Å². The van der Waals surface area contributed by atoms with Crippen LogP contribution in [0.15, 0.2) is 24.3 Å². The Hall–Kier alpha value is -2.08. The highest BCUT2D eigenvalue weighted by molar-refractivity contribution is 5.95. The molecule has 1 unspecified atom stereocenters. The first-order valence-corrected chi connectivity index (χ1v) is 5.92. The van der Waals surface area contributed by atoms with Crippen molar-refractivity contribution < 1.29 is 19.4 Å². The van der Waals surface area contributed by atoms with Crippen LogP contribution in [0.25, 0.3) is 0 Å². The maximum Gasteiger partial charge on any atom is 0.251 e. The second-order valence-electron chi connectivity index (χ2n) is 4.32. The summed E-state index contributed by atoms with van der Waals surface area (Å²) in [4.78, 5) is 22.4. The minimum atomic E-state index is -1.39. The Kier molecular flexibility index (Phi) is 5.32. The van der Waals surface area contributed by atoms with Gasteiger partial charge in [0.25, 0.3) is 5.91 Å². The third-order valence-electron chi connectivity index (χ3n) is 2.25. The molecule has 0 aliphatic heterocycles. The smallest absolute Gasteiger partial charge is 0.251 e. The Bertz CT molecular complexity index is 460. The van der Waals surface area contributed by atoms with Crippen LogP contribution in [-0.2, 0) is 4.79 Å². The number of amides is 2. The first-order chi connectivity index (χ1) is 8.90. The highest BCUT2D eigenvalue weighted by Gasteiger charge is 2.13. The molecule has 0 radical (unpaired) electrons. The summed E-state index contributed by atoms with van der Waals surface area (Å²) in [6.07, 6.45) is -1.38. The SMILES string of the molecule is CC(C)Oc1cccc(C(=O)NCC(O)C(N)=O)c1. The highest BCUT2D eigenvalue weighted by Crippen LogP contribution is 2.14. The first-order valence-electron chi connectivity index (χ1n) is 5.92. The van der Waals surface area contributed by atoms with E-state index in [1.807, 2.05) is 13.8 Å². The van der Waals surface area contributed by atoms with Crippen LogP contribution in [0.2, 0.25) is 0 Å². The zero-order valence-corrected chi connectivity index (χ0v) is 10.9. The monoisotopic (exact) mass is 266 g/mol. The molecule has 4 N–H and O–H groups in total. The molecule has 0 saturated heterocycles. The first kappa shape index (κ1) is 15.0. The van der Waals surface area contributed by atoms with Crippen molar-refractivity contribution in [2.45, 2.75) is 26.1 Å². The molecule has 0 bridgehead atoms. The van der Waals surface area contributed by atoms with Gasteiger partial charge in [-0.1, -0.05) is 6.07 Å². The quantitative estimate of drug-likeness (QED) is 0.677. The molecular weight excluding hydrogens is 248 g/mol. The zero-order chi connectivity index (χ0) is 14.4. The van der Waals surface area contributed by atoms with Gasteiger partial charge in [-0.2, -0.15) is 0 Å². The summed E-state index contributed by atoms with van der Waals surface area (Å²) in [6.45, 7) is 3.55. The van der Waals surface area contributed by atoms with Crippen molar-refractivity contribution in [1.82, 2.24) is 5.32 Å². The summed E-state index contributed by atoms with van der Waals surface area (Å²) in [5, 5.41) is 11.6. The van der Waals surface area contributed by atoms with Crippen molar-refractivity contribution in [3.63, 3.8) is 0 Å². The molecule has 1 atom stereocenters. The lowest BCUT2D eigenvalue weighted by molar-refractivity contribution is -0.125. The van der Waals surface area contributed by atoms with Gasteiger partial charge in [0.1, 0.15) is 11.9 Å². The van der Waals surface area contributed by atoms with Crippen molar-refractivity contribution in [2.75, 3.05) is 6.54 Å². The minimum Gasteiger partial charge on any atom is -0.491 e. The number of hydrogen-bond acceptors (Lipinski definition) is 4. The topological polar surface area (TPSA) is 102 Å². The standard InChI is InChI=1S/C13H18N2O4/c1-8(2)19-10-5-3-4-9(6-10)13(18)15-7-11(16)12(14)17/h3-6,8,11,16H,7H2,1-2H3,(H2,14,17)(H,15,18). The van der Waals surface area contributed by atoms with E-state index in [0.717, 1.165) is 0 Å². The second kappa shape index (κ2) is 6.75. The second-order valence-corrected chi connectivity index (χ2v) is 4.32. The van der Waals surface area contributed by atoms with Crippen molar-refractivity contribution in [3.8, 4) is 5.75 Å². The Labute approximate surface area is 111 Å². The lowest BCUT2D eigenvalue weighted by atomic mass is 10.2. The van der Waals surface area contributed by atoms with Crippen LogP contribution in [-0.4, -0.2) is 35.7 Å². The predicted octanol–water partition coefficient (Wildman–Crippen LogP) is 0.0498. The fourth-order valence-electron chi connectivity index (χ4n) is 1.37. The molecule has 0 aliphatic rings. The molecule has 0 heterocycles. The number of nitrogens with two attached hydrogens (primary N) is 1. The molecule has 1 aromatic carbocycles. The van der Waals surface area contributed by atoms with E-state index in [0.29, 0.717) is 11.3 Å². The number of benzene rings is 1. The molecule has 0 saturated carbocycles. The summed E-state index contributed by atoms with van der Waals surface area (Å²) in [5.74, 6) is -0.704. The molecule has 6 nitrogen and oxygen atoms in total. The van der Waals surface area contributed by atoms with E-state index >= 15 is 0 Å². The van der Waals surface area contributed by atoms with Gasteiger partial charge in [0.15, 0.2) is 0 Å². The Morgan fingerprint density at radius 2 is 2.11 bits per heavy atom. The molecule has 104 valence electrons. The Balaban J connectivity index is 2.64. The molecule has 0 aliphatic carbocycles. The normalized spacial score (nSPS) is 12.0. The third kappa shape index (κ3) is 4.97. The van der Waals surface area contributed by atoms with Crippen LogP contribution in [0.1, 0.15) is 24.2 Å². The average molecular weight is 266 g/mol. The number of hydrogen-bond donors (Lipinski definition) is 3. The van der Waals surface area contributed by atoms with Crippen molar-refractivity contribution in [2.24, 2.45) is 5.73 Å². The Morgan fingerprint density at radius 3 is 2.68 bits per heavy atom. The summed E-state index contributed by atoms with van der Waals surface area (Å²) in [5.41, 5.74) is 5.26.